The molecule has 1 atom stereocenters. The molecule has 0 aromatic rings. The molecule has 1 rings (SSSR count). The summed E-state index contributed by atoms with van der Waals surface area (Å²) in [4.78, 5) is 17.5. The molecule has 6 heteroatoms. The summed E-state index contributed by atoms with van der Waals surface area (Å²) in [7, 11) is 0.756. The minimum absolute atomic E-state index is 0.679. The number of hydrogen-bond donors (Lipinski definition) is 2. The molecule has 1 fully saturated rings. The summed E-state index contributed by atoms with van der Waals surface area (Å²) in [5, 5.41) is 0. The lowest BCUT2D eigenvalue weighted by molar-refractivity contribution is 0.396. The van der Waals surface area contributed by atoms with E-state index in [1.165, 1.54) is 10.8 Å². The van der Waals surface area contributed by atoms with Crippen LogP contribution < -0.4 is 0 Å². The molecule has 0 radical (unpaired) electrons. The first-order valence-corrected chi connectivity index (χ1v) is 8.12. The van der Waals surface area contributed by atoms with Gasteiger partial charge in [0.1, 0.15) is 16.5 Å². The van der Waals surface area contributed by atoms with Gasteiger partial charge in [0.05, 0.1) is 0 Å². The summed E-state index contributed by atoms with van der Waals surface area (Å²) < 4.78 is 10.7. The Balaban J connectivity index is 2.47. The second-order valence-corrected chi connectivity index (χ2v) is 10.1. The maximum Gasteiger partial charge on any atom is 0.548 e. The maximum atomic E-state index is 10.7. The van der Waals surface area contributed by atoms with Crippen LogP contribution in [0.15, 0.2) is 0 Å². The van der Waals surface area contributed by atoms with E-state index < -0.39 is 16.3 Å². The lowest BCUT2D eigenvalue weighted by Gasteiger charge is -2.10. The molecule has 1 unspecified atom stereocenters. The van der Waals surface area contributed by atoms with Crippen molar-refractivity contribution in [1.82, 2.24) is 0 Å². The third-order valence-electron chi connectivity index (χ3n) is 1.20. The summed E-state index contributed by atoms with van der Waals surface area (Å²) in [5.74, 6) is 1.61. The van der Waals surface area contributed by atoms with E-state index in [4.69, 9.17) is 9.79 Å². The van der Waals surface area contributed by atoms with Crippen molar-refractivity contribution in [2.24, 2.45) is 0 Å². The van der Waals surface area contributed by atoms with Crippen LogP contribution in [-0.2, 0) is 14.1 Å². The van der Waals surface area contributed by atoms with Gasteiger partial charge in [-0.1, -0.05) is 0 Å². The van der Waals surface area contributed by atoms with E-state index in [0.29, 0.717) is 5.75 Å². The van der Waals surface area contributed by atoms with Crippen molar-refractivity contribution < 1.29 is 14.4 Å². The van der Waals surface area contributed by atoms with Gasteiger partial charge < -0.3 is 0 Å². The van der Waals surface area contributed by atoms with Gasteiger partial charge in [-0.3, -0.25) is 9.79 Å². The minimum Gasteiger partial charge on any atom is -0.284 e. The second kappa shape index (κ2) is 3.50. The largest absolute Gasteiger partial charge is 0.548 e. The summed E-state index contributed by atoms with van der Waals surface area (Å²) in [6, 6.07) is 0. The Morgan fingerprint density at radius 2 is 2.10 bits per heavy atom. The molecule has 0 spiro atoms. The molecule has 1 aliphatic heterocycles. The van der Waals surface area contributed by atoms with Crippen molar-refractivity contribution in [1.29, 1.82) is 0 Å². The van der Waals surface area contributed by atoms with E-state index in [2.05, 4.69) is 0 Å². The summed E-state index contributed by atoms with van der Waals surface area (Å²) in [5.41, 5.74) is 0. The zero-order valence-corrected chi connectivity index (χ0v) is 7.92. The number of hydrogen-bond acceptors (Lipinski definition) is 2. The molecule has 1 aliphatic rings. The van der Waals surface area contributed by atoms with Crippen LogP contribution in [0.4, 0.5) is 0 Å². The average molecular weight is 201 g/mol. The van der Waals surface area contributed by atoms with Crippen LogP contribution in [0, 0.1) is 0 Å². The van der Waals surface area contributed by atoms with Gasteiger partial charge in [0.15, 0.2) is 9.55 Å². The Morgan fingerprint density at radius 3 is 2.40 bits per heavy atom. The van der Waals surface area contributed by atoms with Crippen LogP contribution in [-0.4, -0.2) is 21.3 Å². The molecule has 3 nitrogen and oxygen atoms in total. The van der Waals surface area contributed by atoms with Crippen LogP contribution in [0.5, 0.6) is 0 Å². The van der Waals surface area contributed by atoms with Gasteiger partial charge in [-0.05, 0) is 12.8 Å². The summed E-state index contributed by atoms with van der Waals surface area (Å²) >= 11 is 0. The van der Waals surface area contributed by atoms with E-state index >= 15 is 0 Å². The van der Waals surface area contributed by atoms with Crippen molar-refractivity contribution in [2.45, 2.75) is 12.8 Å². The topological polar surface area (TPSA) is 57.5 Å². The Morgan fingerprint density at radius 1 is 1.40 bits per heavy atom. The van der Waals surface area contributed by atoms with Gasteiger partial charge >= 0.3 is 6.80 Å². The van der Waals surface area contributed by atoms with Crippen LogP contribution in [0.3, 0.4) is 0 Å². The Kier molecular flexibility index (Phi) is 3.13. The maximum absolute atomic E-state index is 10.7. The first kappa shape index (κ1) is 8.94. The molecule has 1 saturated heterocycles. The third-order valence-corrected chi connectivity index (χ3v) is 9.75. The molecule has 0 saturated carbocycles. The predicted molar refractivity (Wildman–Crippen MR) is 46.0 cm³/mol. The Labute approximate surface area is 66.2 Å². The highest BCUT2D eigenvalue weighted by Crippen LogP contribution is 2.53. The van der Waals surface area contributed by atoms with Crippen LogP contribution >= 0.6 is 17.6 Å². The molecule has 0 aromatic heterocycles. The molecule has 0 amide bonds. The fraction of sp³-hybridized carbons (Fsp3) is 1.00. The first-order chi connectivity index (χ1) is 4.61. The van der Waals surface area contributed by atoms with E-state index in [-0.39, 0.29) is 0 Å². The lowest BCUT2D eigenvalue weighted by Crippen LogP contribution is -2.09. The monoisotopic (exact) mass is 201 g/mol. The number of rotatable bonds is 1. The van der Waals surface area contributed by atoms with Crippen molar-refractivity contribution in [3.63, 3.8) is 0 Å². The van der Waals surface area contributed by atoms with Crippen LogP contribution in [0.2, 0.25) is 0 Å². The molecule has 2 N–H and O–H groups in total. The summed E-state index contributed by atoms with van der Waals surface area (Å²) in [6.07, 6.45) is 2.08. The lowest BCUT2D eigenvalue weighted by atomic mass is 10.4. The highest BCUT2D eigenvalue weighted by molar-refractivity contribution is 8.95. The van der Waals surface area contributed by atoms with Crippen LogP contribution in [0.1, 0.15) is 12.8 Å². The van der Waals surface area contributed by atoms with Crippen molar-refractivity contribution in [2.75, 3.05) is 11.5 Å². The molecule has 0 bridgehead atoms. The fourth-order valence-corrected chi connectivity index (χ4v) is 7.24. The standard InChI is InChI=1S/C4H9O3PS2/c5-8(6,7)10-4-2-1-3-9-10/h1-4H2,(H-,5,6,7)/p+1. The Hall–Kier alpha value is 0.850. The van der Waals surface area contributed by atoms with E-state index in [9.17, 15) is 4.57 Å². The highest BCUT2D eigenvalue weighted by Gasteiger charge is 2.42. The van der Waals surface area contributed by atoms with Gasteiger partial charge in [0.2, 0.25) is 0 Å². The van der Waals surface area contributed by atoms with Crippen molar-refractivity contribution in [3.05, 3.63) is 0 Å². The van der Waals surface area contributed by atoms with Gasteiger partial charge in [0, 0.05) is 5.75 Å². The SMILES string of the molecule is O=P(O)(O)[S+]1CCCCS1. The molecular weight excluding hydrogens is 191 g/mol. The smallest absolute Gasteiger partial charge is 0.284 e. The van der Waals surface area contributed by atoms with Gasteiger partial charge in [-0.2, -0.15) is 0 Å². The van der Waals surface area contributed by atoms with Gasteiger partial charge in [0.25, 0.3) is 0 Å². The first-order valence-electron chi connectivity index (χ1n) is 3.01. The fourth-order valence-electron chi connectivity index (χ4n) is 0.729. The summed E-state index contributed by atoms with van der Waals surface area (Å²) in [6.45, 7) is -3.75. The zero-order valence-electron chi connectivity index (χ0n) is 5.39. The third kappa shape index (κ3) is 2.47. The Bertz CT molecular complexity index is 151. The van der Waals surface area contributed by atoms with Gasteiger partial charge in [-0.25, -0.2) is 4.57 Å². The van der Waals surface area contributed by atoms with Crippen molar-refractivity contribution >= 4 is 27.1 Å². The van der Waals surface area contributed by atoms with Crippen molar-refractivity contribution in [3.8, 4) is 0 Å². The molecule has 0 aromatic carbocycles. The van der Waals surface area contributed by atoms with E-state index in [1.54, 1.807) is 0 Å². The average Bonchev–Trinajstić information content (AvgIpc) is 1.88. The quantitative estimate of drug-likeness (QED) is 0.379. The normalized spacial score (nSPS) is 28.4. The molecule has 60 valence electrons. The molecule has 1 heterocycles. The highest BCUT2D eigenvalue weighted by atomic mass is 33.4. The van der Waals surface area contributed by atoms with E-state index in [1.807, 2.05) is 0 Å². The molecule has 0 aliphatic carbocycles. The van der Waals surface area contributed by atoms with E-state index in [0.717, 1.165) is 18.6 Å². The zero-order chi connectivity index (χ0) is 7.61. The molecule has 10 heavy (non-hydrogen) atoms. The minimum atomic E-state index is -3.75. The predicted octanol–water partition coefficient (Wildman–Crippen LogP) is 1.14. The second-order valence-electron chi connectivity index (χ2n) is 2.05. The van der Waals surface area contributed by atoms with Gasteiger partial charge in [-0.15, -0.1) is 0 Å². The van der Waals surface area contributed by atoms with Crippen LogP contribution in [0.25, 0.3) is 0 Å². The molecular formula is C4H10O3PS2+.